The van der Waals surface area contributed by atoms with Gasteiger partial charge in [0.25, 0.3) is 0 Å². The van der Waals surface area contributed by atoms with Crippen molar-refractivity contribution in [1.29, 1.82) is 0 Å². The van der Waals surface area contributed by atoms with Crippen LogP contribution in [0.1, 0.15) is 5.56 Å². The minimum absolute atomic E-state index is 0.973. The Morgan fingerprint density at radius 1 is 0.704 bits per heavy atom. The summed E-state index contributed by atoms with van der Waals surface area (Å²) in [5, 5.41) is 5.13. The van der Waals surface area contributed by atoms with Crippen LogP contribution in [-0.4, -0.2) is 9.55 Å². The molecule has 6 rings (SSSR count). The van der Waals surface area contributed by atoms with Crippen LogP contribution in [0.25, 0.3) is 47.8 Å². The first-order chi connectivity index (χ1) is 13.3. The predicted molar refractivity (Wildman–Crippen MR) is 116 cm³/mol. The molecule has 3 heterocycles. The molecule has 0 saturated carbocycles. The van der Waals surface area contributed by atoms with Crippen molar-refractivity contribution >= 4 is 53.3 Å². The second kappa shape index (κ2) is 5.41. The smallest absolute Gasteiger partial charge is 0.138 e. The molecule has 0 aliphatic rings. The van der Waals surface area contributed by atoms with Crippen LogP contribution < -0.4 is 0 Å². The van der Waals surface area contributed by atoms with Crippen LogP contribution in [0.5, 0.6) is 0 Å². The minimum atomic E-state index is 0.973. The zero-order valence-electron chi connectivity index (χ0n) is 14.8. The van der Waals surface area contributed by atoms with E-state index < -0.39 is 0 Å². The highest BCUT2D eigenvalue weighted by molar-refractivity contribution is 7.25. The van der Waals surface area contributed by atoms with Gasteiger partial charge in [0.15, 0.2) is 0 Å². The Morgan fingerprint density at radius 3 is 2.41 bits per heavy atom. The highest BCUT2D eigenvalue weighted by Crippen LogP contribution is 2.36. The molecule has 0 aliphatic carbocycles. The maximum absolute atomic E-state index is 4.84. The summed E-state index contributed by atoms with van der Waals surface area (Å²) in [4.78, 5) is 4.84. The quantitative estimate of drug-likeness (QED) is 0.312. The molecule has 0 unspecified atom stereocenters. The lowest BCUT2D eigenvalue weighted by atomic mass is 10.1. The number of para-hydroxylation sites is 1. The molecule has 0 saturated heterocycles. The minimum Gasteiger partial charge on any atom is -0.294 e. The fraction of sp³-hybridized carbons (Fsp3) is 0.0417. The first-order valence-electron chi connectivity index (χ1n) is 9.07. The third-order valence-electron chi connectivity index (χ3n) is 5.31. The molecule has 0 bridgehead atoms. The SMILES string of the molecule is Cc1ccc2c(c1)c1ccccc1n2-c1cc2c(cn1)sc1ccccc12. The number of hydrogen-bond acceptors (Lipinski definition) is 2. The van der Waals surface area contributed by atoms with Gasteiger partial charge in [0, 0.05) is 32.4 Å². The molecule has 0 fully saturated rings. The van der Waals surface area contributed by atoms with E-state index in [2.05, 4.69) is 84.3 Å². The van der Waals surface area contributed by atoms with E-state index in [1.54, 1.807) is 11.3 Å². The van der Waals surface area contributed by atoms with E-state index in [9.17, 15) is 0 Å². The fourth-order valence-corrected chi connectivity index (χ4v) is 5.13. The van der Waals surface area contributed by atoms with Crippen LogP contribution in [0.3, 0.4) is 0 Å². The van der Waals surface area contributed by atoms with Gasteiger partial charge >= 0.3 is 0 Å². The molecule has 0 amide bonds. The van der Waals surface area contributed by atoms with Crippen molar-refractivity contribution in [3.8, 4) is 5.82 Å². The number of nitrogens with zero attached hydrogens (tertiary/aromatic N) is 2. The zero-order valence-corrected chi connectivity index (χ0v) is 15.6. The van der Waals surface area contributed by atoms with Crippen molar-refractivity contribution in [3.63, 3.8) is 0 Å². The molecule has 0 aliphatic heterocycles. The largest absolute Gasteiger partial charge is 0.294 e. The van der Waals surface area contributed by atoms with Crippen LogP contribution in [-0.2, 0) is 0 Å². The highest BCUT2D eigenvalue weighted by atomic mass is 32.1. The van der Waals surface area contributed by atoms with Crippen LogP contribution in [0.2, 0.25) is 0 Å². The zero-order chi connectivity index (χ0) is 18.0. The summed E-state index contributed by atoms with van der Waals surface area (Å²) in [6.07, 6.45) is 2.02. The van der Waals surface area contributed by atoms with Crippen LogP contribution in [0, 0.1) is 6.92 Å². The van der Waals surface area contributed by atoms with E-state index in [1.165, 1.54) is 47.5 Å². The van der Waals surface area contributed by atoms with Crippen molar-refractivity contribution < 1.29 is 0 Å². The summed E-state index contributed by atoms with van der Waals surface area (Å²) in [6, 6.07) is 26.1. The van der Waals surface area contributed by atoms with E-state index >= 15 is 0 Å². The lowest BCUT2D eigenvalue weighted by Gasteiger charge is -2.07. The number of benzene rings is 3. The first-order valence-corrected chi connectivity index (χ1v) is 9.89. The lowest BCUT2D eigenvalue weighted by molar-refractivity contribution is 1.09. The Hall–Kier alpha value is -3.17. The number of thiophene rings is 1. The maximum Gasteiger partial charge on any atom is 0.138 e. The molecule has 0 atom stereocenters. The van der Waals surface area contributed by atoms with E-state index in [-0.39, 0.29) is 0 Å². The highest BCUT2D eigenvalue weighted by Gasteiger charge is 2.14. The summed E-state index contributed by atoms with van der Waals surface area (Å²) in [5.74, 6) is 0.973. The van der Waals surface area contributed by atoms with Gasteiger partial charge in [0.05, 0.1) is 15.7 Å². The third kappa shape index (κ3) is 2.09. The van der Waals surface area contributed by atoms with Gasteiger partial charge in [0.1, 0.15) is 5.82 Å². The van der Waals surface area contributed by atoms with Crippen molar-refractivity contribution in [3.05, 3.63) is 84.6 Å². The Morgan fingerprint density at radius 2 is 1.48 bits per heavy atom. The molecule has 3 aromatic heterocycles. The van der Waals surface area contributed by atoms with Gasteiger partial charge in [-0.05, 0) is 37.3 Å². The molecule has 2 nitrogen and oxygen atoms in total. The van der Waals surface area contributed by atoms with E-state index in [0.717, 1.165) is 5.82 Å². The van der Waals surface area contributed by atoms with Crippen molar-refractivity contribution in [1.82, 2.24) is 9.55 Å². The molecule has 0 spiro atoms. The van der Waals surface area contributed by atoms with Crippen LogP contribution in [0.4, 0.5) is 0 Å². The van der Waals surface area contributed by atoms with Gasteiger partial charge in [-0.25, -0.2) is 4.98 Å². The summed E-state index contributed by atoms with van der Waals surface area (Å²) in [6.45, 7) is 2.15. The van der Waals surface area contributed by atoms with E-state index in [1.807, 2.05) is 6.20 Å². The number of rotatable bonds is 1. The number of aromatic nitrogens is 2. The Labute approximate surface area is 160 Å². The molecule has 0 radical (unpaired) electrons. The van der Waals surface area contributed by atoms with Gasteiger partial charge in [-0.3, -0.25) is 4.57 Å². The van der Waals surface area contributed by atoms with E-state index in [0.29, 0.717) is 0 Å². The van der Waals surface area contributed by atoms with Gasteiger partial charge in [-0.2, -0.15) is 0 Å². The normalized spacial score (nSPS) is 11.9. The fourth-order valence-electron chi connectivity index (χ4n) is 4.08. The van der Waals surface area contributed by atoms with Gasteiger partial charge < -0.3 is 0 Å². The van der Waals surface area contributed by atoms with Crippen LogP contribution in [0.15, 0.2) is 79.0 Å². The molecule has 27 heavy (non-hydrogen) atoms. The lowest BCUT2D eigenvalue weighted by Crippen LogP contribution is -1.96. The summed E-state index contributed by atoms with van der Waals surface area (Å²) in [7, 11) is 0. The maximum atomic E-state index is 4.84. The van der Waals surface area contributed by atoms with E-state index in [4.69, 9.17) is 4.98 Å². The molecule has 6 aromatic rings. The molecule has 128 valence electrons. The first kappa shape index (κ1) is 14.9. The Kier molecular flexibility index (Phi) is 3.00. The molecular weight excluding hydrogens is 348 g/mol. The number of pyridine rings is 1. The monoisotopic (exact) mass is 364 g/mol. The van der Waals surface area contributed by atoms with Gasteiger partial charge in [0.2, 0.25) is 0 Å². The average molecular weight is 364 g/mol. The average Bonchev–Trinajstić information content (AvgIpc) is 3.23. The molecule has 3 heteroatoms. The summed E-state index contributed by atoms with van der Waals surface area (Å²) < 4.78 is 4.83. The van der Waals surface area contributed by atoms with Gasteiger partial charge in [-0.15, -0.1) is 11.3 Å². The Balaban J connectivity index is 1.75. The van der Waals surface area contributed by atoms with Crippen molar-refractivity contribution in [2.45, 2.75) is 6.92 Å². The predicted octanol–water partition coefficient (Wildman–Crippen LogP) is 6.86. The number of fused-ring (bicyclic) bond motifs is 6. The van der Waals surface area contributed by atoms with Crippen LogP contribution >= 0.6 is 11.3 Å². The third-order valence-corrected chi connectivity index (χ3v) is 6.43. The number of hydrogen-bond donors (Lipinski definition) is 0. The van der Waals surface area contributed by atoms with Gasteiger partial charge in [-0.1, -0.05) is 48.0 Å². The molecule has 0 N–H and O–H groups in total. The standard InChI is InChI=1S/C24H16N2S/c1-15-10-11-21-18(12-15)16-6-2-4-8-20(16)26(21)24-13-19-17-7-3-5-9-22(17)27-23(19)14-25-24/h2-14H,1H3. The second-order valence-corrected chi connectivity index (χ2v) is 8.09. The number of aryl methyl sites for hydroxylation is 1. The second-order valence-electron chi connectivity index (χ2n) is 7.01. The summed E-state index contributed by atoms with van der Waals surface area (Å²) in [5.41, 5.74) is 3.68. The molecule has 3 aromatic carbocycles. The molecular formula is C24H16N2S. The van der Waals surface area contributed by atoms with Crippen molar-refractivity contribution in [2.24, 2.45) is 0 Å². The summed E-state index contributed by atoms with van der Waals surface area (Å²) >= 11 is 1.81. The topological polar surface area (TPSA) is 17.8 Å². The van der Waals surface area contributed by atoms with Crippen molar-refractivity contribution in [2.75, 3.05) is 0 Å². The Bertz CT molecular complexity index is 1490.